The van der Waals surface area contributed by atoms with Gasteiger partial charge in [0.25, 0.3) is 5.56 Å². The molecule has 0 fully saturated rings. The Morgan fingerprint density at radius 3 is 2.31 bits per heavy atom. The average molecular weight is 357 g/mol. The molecule has 4 nitrogen and oxygen atoms in total. The van der Waals surface area contributed by atoms with Crippen molar-refractivity contribution < 1.29 is 4.74 Å². The molecule has 2 aromatic rings. The quantitative estimate of drug-likeness (QED) is 0.559. The fraction of sp³-hybridized carbons (Fsp3) is 0.500. The summed E-state index contributed by atoms with van der Waals surface area (Å²) in [5, 5.41) is 0. The van der Waals surface area contributed by atoms with Crippen LogP contribution >= 0.6 is 0 Å². The van der Waals surface area contributed by atoms with Gasteiger partial charge in [-0.3, -0.25) is 9.36 Å². The molecule has 2 rings (SSSR count). The SMILES string of the molecule is CCN(CC)CCCCCCOc1ccc(-n2cc(C)ccc2=O)cc1. The highest BCUT2D eigenvalue weighted by Crippen LogP contribution is 2.15. The van der Waals surface area contributed by atoms with E-state index in [-0.39, 0.29) is 5.56 Å². The average Bonchev–Trinajstić information content (AvgIpc) is 2.66. The van der Waals surface area contributed by atoms with Crippen LogP contribution in [-0.2, 0) is 0 Å². The summed E-state index contributed by atoms with van der Waals surface area (Å²) in [6.07, 6.45) is 6.67. The Morgan fingerprint density at radius 1 is 0.923 bits per heavy atom. The summed E-state index contributed by atoms with van der Waals surface area (Å²) < 4.78 is 7.48. The lowest BCUT2D eigenvalue weighted by Crippen LogP contribution is -2.23. The first kappa shape index (κ1) is 20.2. The molecule has 0 amide bonds. The van der Waals surface area contributed by atoms with E-state index in [1.165, 1.54) is 25.8 Å². The van der Waals surface area contributed by atoms with Gasteiger partial charge in [-0.25, -0.2) is 0 Å². The van der Waals surface area contributed by atoms with Crippen LogP contribution in [-0.4, -0.2) is 35.7 Å². The van der Waals surface area contributed by atoms with Crippen molar-refractivity contribution in [1.82, 2.24) is 9.47 Å². The predicted octanol–water partition coefficient (Wildman–Crippen LogP) is 4.43. The molecule has 0 atom stereocenters. The van der Waals surface area contributed by atoms with E-state index in [0.29, 0.717) is 0 Å². The fourth-order valence-electron chi connectivity index (χ4n) is 3.02. The number of ether oxygens (including phenoxy) is 1. The monoisotopic (exact) mass is 356 g/mol. The molecule has 1 aromatic heterocycles. The second-order valence-electron chi connectivity index (χ2n) is 6.70. The van der Waals surface area contributed by atoms with Gasteiger partial charge in [0.2, 0.25) is 0 Å². The maximum atomic E-state index is 12.0. The molecule has 0 unspecified atom stereocenters. The molecule has 4 heteroatoms. The molecule has 26 heavy (non-hydrogen) atoms. The van der Waals surface area contributed by atoms with Gasteiger partial charge in [0.1, 0.15) is 5.75 Å². The number of pyridine rings is 1. The maximum absolute atomic E-state index is 12.0. The summed E-state index contributed by atoms with van der Waals surface area (Å²) in [4.78, 5) is 14.4. The Morgan fingerprint density at radius 2 is 1.62 bits per heavy atom. The molecule has 1 heterocycles. The van der Waals surface area contributed by atoms with Gasteiger partial charge >= 0.3 is 0 Å². The Bertz CT molecular complexity index is 703. The van der Waals surface area contributed by atoms with Crippen LogP contribution in [0.5, 0.6) is 5.75 Å². The maximum Gasteiger partial charge on any atom is 0.255 e. The van der Waals surface area contributed by atoms with Crippen molar-refractivity contribution >= 4 is 0 Å². The number of nitrogens with zero attached hydrogens (tertiary/aromatic N) is 2. The number of aryl methyl sites for hydroxylation is 1. The zero-order valence-corrected chi connectivity index (χ0v) is 16.4. The van der Waals surface area contributed by atoms with Crippen LogP contribution in [0.4, 0.5) is 0 Å². The number of hydrogen-bond donors (Lipinski definition) is 0. The first-order valence-corrected chi connectivity index (χ1v) is 9.79. The molecular formula is C22H32N2O2. The second-order valence-corrected chi connectivity index (χ2v) is 6.70. The second kappa shape index (κ2) is 10.8. The van der Waals surface area contributed by atoms with Crippen LogP contribution in [0.1, 0.15) is 45.1 Å². The predicted molar refractivity (Wildman–Crippen MR) is 109 cm³/mol. The molecular weight excluding hydrogens is 324 g/mol. The van der Waals surface area contributed by atoms with Gasteiger partial charge in [0.15, 0.2) is 0 Å². The van der Waals surface area contributed by atoms with Crippen molar-refractivity contribution in [1.29, 1.82) is 0 Å². The van der Waals surface area contributed by atoms with E-state index in [2.05, 4.69) is 18.7 Å². The van der Waals surface area contributed by atoms with Gasteiger partial charge in [0.05, 0.1) is 6.61 Å². The number of hydrogen-bond acceptors (Lipinski definition) is 3. The van der Waals surface area contributed by atoms with Crippen molar-refractivity contribution in [2.45, 2.75) is 46.5 Å². The zero-order chi connectivity index (χ0) is 18.8. The smallest absolute Gasteiger partial charge is 0.255 e. The van der Waals surface area contributed by atoms with Crippen LogP contribution in [0.15, 0.2) is 47.4 Å². The van der Waals surface area contributed by atoms with Crippen LogP contribution in [0.3, 0.4) is 0 Å². The first-order chi connectivity index (χ1) is 12.6. The van der Waals surface area contributed by atoms with E-state index in [1.807, 2.05) is 43.5 Å². The van der Waals surface area contributed by atoms with Crippen molar-refractivity contribution in [3.05, 3.63) is 58.5 Å². The number of unbranched alkanes of at least 4 members (excludes halogenated alkanes) is 3. The van der Waals surface area contributed by atoms with E-state index in [4.69, 9.17) is 4.74 Å². The first-order valence-electron chi connectivity index (χ1n) is 9.79. The van der Waals surface area contributed by atoms with Gasteiger partial charge in [-0.1, -0.05) is 32.8 Å². The molecule has 0 aliphatic carbocycles. The Labute approximate surface area is 157 Å². The summed E-state index contributed by atoms with van der Waals surface area (Å²) in [7, 11) is 0. The molecule has 0 N–H and O–H groups in total. The largest absolute Gasteiger partial charge is 0.494 e. The molecule has 1 aromatic carbocycles. The van der Waals surface area contributed by atoms with Crippen LogP contribution in [0.25, 0.3) is 5.69 Å². The van der Waals surface area contributed by atoms with Crippen molar-refractivity contribution in [2.75, 3.05) is 26.2 Å². The minimum atomic E-state index is -0.0195. The standard InChI is InChI=1S/C22H32N2O2/c1-4-23(5-2)16-8-6-7-9-17-26-21-13-11-20(12-14-21)24-18-19(3)10-15-22(24)25/h10-15,18H,4-9,16-17H2,1-3H3. The topological polar surface area (TPSA) is 34.5 Å². The summed E-state index contributed by atoms with van der Waals surface area (Å²) in [6.45, 7) is 10.7. The minimum Gasteiger partial charge on any atom is -0.494 e. The van der Waals surface area contributed by atoms with Gasteiger partial charge in [-0.2, -0.15) is 0 Å². The summed E-state index contributed by atoms with van der Waals surface area (Å²) in [5.41, 5.74) is 1.90. The summed E-state index contributed by atoms with van der Waals surface area (Å²) in [6, 6.07) is 11.2. The van der Waals surface area contributed by atoms with Crippen molar-refractivity contribution in [3.8, 4) is 11.4 Å². The summed E-state index contributed by atoms with van der Waals surface area (Å²) in [5.74, 6) is 0.859. The van der Waals surface area contributed by atoms with Crippen LogP contribution in [0.2, 0.25) is 0 Å². The van der Waals surface area contributed by atoms with E-state index < -0.39 is 0 Å². The van der Waals surface area contributed by atoms with Gasteiger partial charge < -0.3 is 9.64 Å². The van der Waals surface area contributed by atoms with Crippen molar-refractivity contribution in [3.63, 3.8) is 0 Å². The normalized spacial score (nSPS) is 11.1. The third-order valence-corrected chi connectivity index (χ3v) is 4.71. The molecule has 0 bridgehead atoms. The number of aromatic nitrogens is 1. The number of rotatable bonds is 11. The lowest BCUT2D eigenvalue weighted by molar-refractivity contribution is 0.284. The third-order valence-electron chi connectivity index (χ3n) is 4.71. The molecule has 0 aliphatic heterocycles. The molecule has 0 saturated carbocycles. The Kier molecular flexibility index (Phi) is 8.42. The molecule has 0 spiro atoms. The highest BCUT2D eigenvalue weighted by atomic mass is 16.5. The number of benzene rings is 1. The highest BCUT2D eigenvalue weighted by molar-refractivity contribution is 5.38. The van der Waals surface area contributed by atoms with Crippen LogP contribution in [0, 0.1) is 6.92 Å². The van der Waals surface area contributed by atoms with Crippen LogP contribution < -0.4 is 10.3 Å². The van der Waals surface area contributed by atoms with E-state index >= 15 is 0 Å². The van der Waals surface area contributed by atoms with Crippen molar-refractivity contribution in [2.24, 2.45) is 0 Å². The fourth-order valence-corrected chi connectivity index (χ4v) is 3.02. The Balaban J connectivity index is 1.71. The van der Waals surface area contributed by atoms with Gasteiger partial charge in [0, 0.05) is 18.0 Å². The van der Waals surface area contributed by atoms with Gasteiger partial charge in [-0.05, 0) is 69.2 Å². The lowest BCUT2D eigenvalue weighted by Gasteiger charge is -2.17. The molecule has 0 saturated heterocycles. The summed E-state index contributed by atoms with van der Waals surface area (Å²) >= 11 is 0. The molecule has 0 aliphatic rings. The lowest BCUT2D eigenvalue weighted by atomic mass is 10.2. The van der Waals surface area contributed by atoms with E-state index in [9.17, 15) is 4.79 Å². The van der Waals surface area contributed by atoms with E-state index in [1.54, 1.807) is 10.6 Å². The highest BCUT2D eigenvalue weighted by Gasteiger charge is 2.02. The third kappa shape index (κ3) is 6.34. The minimum absolute atomic E-state index is 0.0195. The molecule has 142 valence electrons. The zero-order valence-electron chi connectivity index (χ0n) is 16.4. The molecule has 0 radical (unpaired) electrons. The van der Waals surface area contributed by atoms with E-state index in [0.717, 1.165) is 43.1 Å². The van der Waals surface area contributed by atoms with Gasteiger partial charge in [-0.15, -0.1) is 0 Å². The Hall–Kier alpha value is -2.07.